The Balaban J connectivity index is 0.000000371. The molecule has 0 fully saturated rings. The molecule has 0 aromatic carbocycles. The molecule has 0 atom stereocenters. The summed E-state index contributed by atoms with van der Waals surface area (Å²) in [5.41, 5.74) is 0. The zero-order chi connectivity index (χ0) is 7.98. The van der Waals surface area contributed by atoms with Gasteiger partial charge in [0.1, 0.15) is 0 Å². The number of aryl methyl sites for hydroxylation is 1. The normalized spacial score (nSPS) is 8.40. The van der Waals surface area contributed by atoms with Gasteiger partial charge in [-0.1, -0.05) is 13.8 Å². The molecule has 0 bridgehead atoms. The summed E-state index contributed by atoms with van der Waals surface area (Å²) in [4.78, 5) is 1.40. The quantitative estimate of drug-likeness (QED) is 0.583. The third-order valence-corrected chi connectivity index (χ3v) is 3.00. The second-order valence-corrected chi connectivity index (χ2v) is 3.96. The van der Waals surface area contributed by atoms with Crippen molar-refractivity contribution in [1.82, 2.24) is 0 Å². The second kappa shape index (κ2) is 5.81. The van der Waals surface area contributed by atoms with Gasteiger partial charge in [-0.15, -0.1) is 23.1 Å². The van der Waals surface area contributed by atoms with E-state index in [1.54, 1.807) is 0 Å². The Hall–Kier alpha value is 0.0500. The van der Waals surface area contributed by atoms with Crippen molar-refractivity contribution < 1.29 is 0 Å². The summed E-state index contributed by atoms with van der Waals surface area (Å²) in [7, 11) is 0. The molecule has 0 spiro atoms. The van der Waals surface area contributed by atoms with E-state index in [2.05, 4.69) is 25.3 Å². The van der Waals surface area contributed by atoms with E-state index in [4.69, 9.17) is 0 Å². The number of thioether (sulfide) groups is 1. The van der Waals surface area contributed by atoms with Crippen LogP contribution in [0.4, 0.5) is 0 Å². The van der Waals surface area contributed by atoms with Gasteiger partial charge < -0.3 is 0 Å². The third kappa shape index (κ3) is 3.28. The first-order chi connectivity index (χ1) is 4.83. The molecule has 0 aliphatic carbocycles. The van der Waals surface area contributed by atoms with E-state index in [1.165, 1.54) is 9.09 Å². The molecule has 10 heavy (non-hydrogen) atoms. The molecule has 1 rings (SSSR count). The lowest BCUT2D eigenvalue weighted by Gasteiger charge is -1.80. The summed E-state index contributed by atoms with van der Waals surface area (Å²) in [6.45, 7) is 6.13. The highest BCUT2D eigenvalue weighted by atomic mass is 32.2. The molecule has 0 unspecified atom stereocenters. The van der Waals surface area contributed by atoms with E-state index < -0.39 is 0 Å². The molecule has 58 valence electrons. The zero-order valence-electron chi connectivity index (χ0n) is 6.97. The van der Waals surface area contributed by atoms with Crippen molar-refractivity contribution in [1.29, 1.82) is 0 Å². The summed E-state index contributed by atoms with van der Waals surface area (Å²) < 4.78 is 1.41. The maximum Gasteiger partial charge on any atom is 0.0598 e. The molecule has 0 saturated carbocycles. The average Bonchev–Trinajstić information content (AvgIpc) is 2.40. The Morgan fingerprint density at radius 2 is 1.90 bits per heavy atom. The average molecular weight is 174 g/mol. The molecule has 0 amide bonds. The van der Waals surface area contributed by atoms with Crippen LogP contribution in [0.15, 0.2) is 16.3 Å². The van der Waals surface area contributed by atoms with Gasteiger partial charge in [0.2, 0.25) is 0 Å². The van der Waals surface area contributed by atoms with Crippen LogP contribution < -0.4 is 0 Å². The van der Waals surface area contributed by atoms with Gasteiger partial charge in [0.05, 0.1) is 4.21 Å². The van der Waals surface area contributed by atoms with E-state index in [1.807, 2.05) is 36.9 Å². The maximum atomic E-state index is 2.16. The molecule has 0 aliphatic heterocycles. The molecule has 1 aromatic heterocycles. The van der Waals surface area contributed by atoms with Gasteiger partial charge in [-0.05, 0) is 25.3 Å². The van der Waals surface area contributed by atoms with E-state index in [0.717, 1.165) is 0 Å². The van der Waals surface area contributed by atoms with Crippen LogP contribution in [0.5, 0.6) is 0 Å². The Bertz CT molecular complexity index is 168. The summed E-state index contributed by atoms with van der Waals surface area (Å²) in [6.07, 6.45) is 2.10. The Kier molecular flexibility index (Phi) is 5.84. The standard InChI is InChI=1S/C6H8S2.C2H6/c1-5-3-4-6(7-2)8-5;1-2/h3-4H,1-2H3;1-2H3. The van der Waals surface area contributed by atoms with Crippen molar-refractivity contribution >= 4 is 23.1 Å². The van der Waals surface area contributed by atoms with E-state index in [0.29, 0.717) is 0 Å². The van der Waals surface area contributed by atoms with Crippen LogP contribution in [0.1, 0.15) is 18.7 Å². The van der Waals surface area contributed by atoms with E-state index >= 15 is 0 Å². The lowest BCUT2D eigenvalue weighted by Crippen LogP contribution is -1.46. The molecule has 1 heterocycles. The fraction of sp³-hybridized carbons (Fsp3) is 0.500. The topological polar surface area (TPSA) is 0 Å². The summed E-state index contributed by atoms with van der Waals surface area (Å²) in [6, 6.07) is 4.31. The first kappa shape index (κ1) is 10.0. The van der Waals surface area contributed by atoms with Gasteiger partial charge in [0, 0.05) is 4.88 Å². The predicted molar refractivity (Wildman–Crippen MR) is 52.2 cm³/mol. The lowest BCUT2D eigenvalue weighted by atomic mass is 10.5. The molecule has 0 radical (unpaired) electrons. The van der Waals surface area contributed by atoms with Crippen LogP contribution >= 0.6 is 23.1 Å². The minimum absolute atomic E-state index is 1.40. The van der Waals surface area contributed by atoms with Crippen LogP contribution in [0.25, 0.3) is 0 Å². The van der Waals surface area contributed by atoms with Gasteiger partial charge in [0.25, 0.3) is 0 Å². The summed E-state index contributed by atoms with van der Waals surface area (Å²) in [5.74, 6) is 0. The van der Waals surface area contributed by atoms with Gasteiger partial charge in [0.15, 0.2) is 0 Å². The Morgan fingerprint density at radius 1 is 1.30 bits per heavy atom. The van der Waals surface area contributed by atoms with E-state index in [-0.39, 0.29) is 0 Å². The Morgan fingerprint density at radius 3 is 2.10 bits per heavy atom. The maximum absolute atomic E-state index is 2.16. The Labute approximate surface area is 71.7 Å². The molecule has 0 nitrogen and oxygen atoms in total. The van der Waals surface area contributed by atoms with Gasteiger partial charge >= 0.3 is 0 Å². The smallest absolute Gasteiger partial charge is 0.0598 e. The van der Waals surface area contributed by atoms with Crippen molar-refractivity contribution in [2.24, 2.45) is 0 Å². The highest BCUT2D eigenvalue weighted by Crippen LogP contribution is 2.23. The van der Waals surface area contributed by atoms with Crippen LogP contribution in [-0.4, -0.2) is 6.26 Å². The minimum Gasteiger partial charge on any atom is -0.134 e. The number of hydrogen-bond acceptors (Lipinski definition) is 2. The van der Waals surface area contributed by atoms with Crippen LogP contribution in [-0.2, 0) is 0 Å². The van der Waals surface area contributed by atoms with E-state index in [9.17, 15) is 0 Å². The lowest BCUT2D eigenvalue weighted by molar-refractivity contribution is 1.50. The summed E-state index contributed by atoms with van der Waals surface area (Å²) >= 11 is 3.66. The fourth-order valence-electron chi connectivity index (χ4n) is 0.522. The highest BCUT2D eigenvalue weighted by molar-refractivity contribution is 8.00. The van der Waals surface area contributed by atoms with Crippen molar-refractivity contribution in [2.45, 2.75) is 25.0 Å². The molecule has 0 saturated heterocycles. The van der Waals surface area contributed by atoms with Gasteiger partial charge in [-0.2, -0.15) is 0 Å². The number of hydrogen-bond donors (Lipinski definition) is 0. The molecule has 1 aromatic rings. The second-order valence-electron chi connectivity index (χ2n) is 1.57. The predicted octanol–water partition coefficient (Wildman–Crippen LogP) is 3.80. The SMILES string of the molecule is CC.CSc1ccc(C)s1. The van der Waals surface area contributed by atoms with Crippen molar-refractivity contribution in [2.75, 3.05) is 6.26 Å². The minimum atomic E-state index is 1.40. The van der Waals surface area contributed by atoms with Gasteiger partial charge in [-0.3, -0.25) is 0 Å². The number of rotatable bonds is 1. The monoisotopic (exact) mass is 174 g/mol. The zero-order valence-corrected chi connectivity index (χ0v) is 8.60. The van der Waals surface area contributed by atoms with Crippen molar-refractivity contribution in [3.8, 4) is 0 Å². The van der Waals surface area contributed by atoms with Crippen LogP contribution in [0.3, 0.4) is 0 Å². The van der Waals surface area contributed by atoms with Gasteiger partial charge in [-0.25, -0.2) is 0 Å². The first-order valence-corrected chi connectivity index (χ1v) is 5.47. The molecular formula is C8H14S2. The highest BCUT2D eigenvalue weighted by Gasteiger charge is 1.90. The van der Waals surface area contributed by atoms with Crippen molar-refractivity contribution in [3.05, 3.63) is 17.0 Å². The fourth-order valence-corrected chi connectivity index (χ4v) is 2.04. The molecule has 0 N–H and O–H groups in total. The largest absolute Gasteiger partial charge is 0.134 e. The van der Waals surface area contributed by atoms with Crippen LogP contribution in [0, 0.1) is 6.92 Å². The number of thiophene rings is 1. The van der Waals surface area contributed by atoms with Crippen LogP contribution in [0.2, 0.25) is 0 Å². The third-order valence-electron chi connectivity index (χ3n) is 0.917. The molecule has 0 aliphatic rings. The molecule has 2 heteroatoms. The first-order valence-electron chi connectivity index (χ1n) is 3.43. The van der Waals surface area contributed by atoms with Crippen molar-refractivity contribution in [3.63, 3.8) is 0 Å². The summed E-state index contributed by atoms with van der Waals surface area (Å²) in [5, 5.41) is 0. The molecular weight excluding hydrogens is 160 g/mol.